The molecule has 4 rings (SSSR count). The molecule has 2 aromatic rings. The summed E-state index contributed by atoms with van der Waals surface area (Å²) in [5, 5.41) is -0.216. The topological polar surface area (TPSA) is 77.1 Å². The first-order valence-corrected chi connectivity index (χ1v) is 12.0. The van der Waals surface area contributed by atoms with Gasteiger partial charge in [0.15, 0.2) is 11.5 Å². The molecule has 1 unspecified atom stereocenters. The zero-order chi connectivity index (χ0) is 21.8. The molecule has 0 saturated carbocycles. The molecule has 1 fully saturated rings. The maximum absolute atomic E-state index is 13.3. The Labute approximate surface area is 186 Å². The molecule has 0 amide bonds. The normalized spacial score (nSPS) is 18.8. The van der Waals surface area contributed by atoms with Crippen LogP contribution in [0.4, 0.5) is 4.39 Å². The molecule has 1 saturated heterocycles. The van der Waals surface area contributed by atoms with Gasteiger partial charge >= 0.3 is 0 Å². The molecule has 168 valence electrons. The van der Waals surface area contributed by atoms with Crippen LogP contribution in [-0.2, 0) is 10.0 Å². The Morgan fingerprint density at radius 2 is 2.06 bits per heavy atom. The minimum atomic E-state index is -3.74. The second-order valence-electron chi connectivity index (χ2n) is 7.51. The first-order chi connectivity index (χ1) is 14.9. The SMILES string of the molecule is O=S(=O)(NCC1CCN(CCOc2cccc3c2OCCO3)C1)c1ccc(F)c(Cl)c1. The summed E-state index contributed by atoms with van der Waals surface area (Å²) in [7, 11) is -3.74. The van der Waals surface area contributed by atoms with E-state index in [2.05, 4.69) is 9.62 Å². The van der Waals surface area contributed by atoms with E-state index in [1.54, 1.807) is 0 Å². The van der Waals surface area contributed by atoms with Crippen molar-refractivity contribution in [2.75, 3.05) is 46.0 Å². The van der Waals surface area contributed by atoms with Gasteiger partial charge in [-0.3, -0.25) is 4.90 Å². The van der Waals surface area contributed by atoms with Gasteiger partial charge in [-0.15, -0.1) is 0 Å². The van der Waals surface area contributed by atoms with E-state index in [1.165, 1.54) is 6.07 Å². The van der Waals surface area contributed by atoms with Gasteiger partial charge in [0.2, 0.25) is 15.8 Å². The Kier molecular flexibility index (Phi) is 6.86. The van der Waals surface area contributed by atoms with Crippen LogP contribution in [0.25, 0.3) is 0 Å². The van der Waals surface area contributed by atoms with Crippen molar-refractivity contribution in [2.45, 2.75) is 11.3 Å². The van der Waals surface area contributed by atoms with Crippen LogP contribution in [0, 0.1) is 11.7 Å². The van der Waals surface area contributed by atoms with Crippen molar-refractivity contribution in [2.24, 2.45) is 5.92 Å². The van der Waals surface area contributed by atoms with Crippen LogP contribution in [0.5, 0.6) is 17.2 Å². The molecule has 0 aromatic heterocycles. The fraction of sp³-hybridized carbons (Fsp3) is 0.429. The molecule has 2 aromatic carbocycles. The van der Waals surface area contributed by atoms with Gasteiger partial charge in [-0.25, -0.2) is 17.5 Å². The van der Waals surface area contributed by atoms with Gasteiger partial charge in [0.25, 0.3) is 0 Å². The molecule has 0 bridgehead atoms. The molecule has 1 N–H and O–H groups in total. The number of halogens is 2. The summed E-state index contributed by atoms with van der Waals surface area (Å²) >= 11 is 5.70. The lowest BCUT2D eigenvalue weighted by Crippen LogP contribution is -2.32. The van der Waals surface area contributed by atoms with E-state index < -0.39 is 15.8 Å². The van der Waals surface area contributed by atoms with Gasteiger partial charge in [0.1, 0.15) is 25.6 Å². The second-order valence-corrected chi connectivity index (χ2v) is 9.69. The number of ether oxygens (including phenoxy) is 3. The second kappa shape index (κ2) is 9.60. The van der Waals surface area contributed by atoms with Crippen molar-refractivity contribution in [3.63, 3.8) is 0 Å². The largest absolute Gasteiger partial charge is 0.488 e. The number of benzene rings is 2. The Morgan fingerprint density at radius 3 is 2.90 bits per heavy atom. The lowest BCUT2D eigenvalue weighted by molar-refractivity contribution is 0.158. The summed E-state index contributed by atoms with van der Waals surface area (Å²) in [6.45, 7) is 4.19. The third-order valence-corrected chi connectivity index (χ3v) is 7.04. The first-order valence-electron chi connectivity index (χ1n) is 10.1. The van der Waals surface area contributed by atoms with Gasteiger partial charge in [-0.05, 0) is 49.2 Å². The third-order valence-electron chi connectivity index (χ3n) is 5.33. The molecular formula is C21H24ClFN2O5S. The fourth-order valence-electron chi connectivity index (χ4n) is 3.68. The zero-order valence-electron chi connectivity index (χ0n) is 16.9. The van der Waals surface area contributed by atoms with E-state index in [4.69, 9.17) is 25.8 Å². The van der Waals surface area contributed by atoms with Crippen LogP contribution in [0.1, 0.15) is 6.42 Å². The molecule has 0 radical (unpaired) electrons. The van der Waals surface area contributed by atoms with Crippen LogP contribution in [0.3, 0.4) is 0 Å². The molecule has 7 nitrogen and oxygen atoms in total. The predicted molar refractivity (Wildman–Crippen MR) is 114 cm³/mol. The summed E-state index contributed by atoms with van der Waals surface area (Å²) in [4.78, 5) is 2.19. The highest BCUT2D eigenvalue weighted by Gasteiger charge is 2.25. The Hall–Kier alpha value is -2.07. The van der Waals surface area contributed by atoms with Crippen molar-refractivity contribution in [1.82, 2.24) is 9.62 Å². The number of para-hydroxylation sites is 1. The number of likely N-dealkylation sites (tertiary alicyclic amines) is 1. The first kappa shape index (κ1) is 22.1. The molecular weight excluding hydrogens is 447 g/mol. The van der Waals surface area contributed by atoms with Crippen LogP contribution in [0.2, 0.25) is 5.02 Å². The standard InChI is InChI=1S/C21H24ClFN2O5S/c22-17-12-16(4-5-18(17)23)31(26,27)24-13-15-6-7-25(14-15)8-9-28-19-2-1-3-20-21(19)30-11-10-29-20/h1-5,12,15,24H,6-11,13-14H2. The van der Waals surface area contributed by atoms with Crippen LogP contribution >= 0.6 is 11.6 Å². The van der Waals surface area contributed by atoms with Crippen LogP contribution in [-0.4, -0.2) is 59.3 Å². The third kappa shape index (κ3) is 5.41. The summed E-state index contributed by atoms with van der Waals surface area (Å²) in [6, 6.07) is 8.96. The average molecular weight is 471 g/mol. The van der Waals surface area contributed by atoms with Gasteiger partial charge in [0, 0.05) is 19.6 Å². The van der Waals surface area contributed by atoms with E-state index in [0.717, 1.165) is 38.2 Å². The molecule has 2 aliphatic rings. The van der Waals surface area contributed by atoms with Gasteiger partial charge in [0.05, 0.1) is 9.92 Å². The Bertz CT molecular complexity index is 1040. The lowest BCUT2D eigenvalue weighted by atomic mass is 10.1. The van der Waals surface area contributed by atoms with Crippen molar-refractivity contribution in [1.29, 1.82) is 0 Å². The van der Waals surface area contributed by atoms with Gasteiger partial charge in [-0.2, -0.15) is 0 Å². The van der Waals surface area contributed by atoms with E-state index >= 15 is 0 Å². The number of fused-ring (bicyclic) bond motifs is 1. The highest BCUT2D eigenvalue weighted by atomic mass is 35.5. The van der Waals surface area contributed by atoms with Gasteiger partial charge in [-0.1, -0.05) is 17.7 Å². The van der Waals surface area contributed by atoms with E-state index in [1.807, 2.05) is 18.2 Å². The number of nitrogens with one attached hydrogen (secondary N) is 1. The minimum Gasteiger partial charge on any atom is -0.488 e. The highest BCUT2D eigenvalue weighted by Crippen LogP contribution is 2.38. The summed E-state index contributed by atoms with van der Waals surface area (Å²) in [5.74, 6) is 1.54. The molecule has 10 heteroatoms. The van der Waals surface area contributed by atoms with Gasteiger partial charge < -0.3 is 14.2 Å². The Balaban J connectivity index is 1.23. The molecule has 2 heterocycles. The number of sulfonamides is 1. The predicted octanol–water partition coefficient (Wildman–Crippen LogP) is 2.93. The number of nitrogens with zero attached hydrogens (tertiary/aromatic N) is 1. The highest BCUT2D eigenvalue weighted by molar-refractivity contribution is 7.89. The van der Waals surface area contributed by atoms with E-state index in [-0.39, 0.29) is 15.8 Å². The smallest absolute Gasteiger partial charge is 0.240 e. The average Bonchev–Trinajstić information content (AvgIpc) is 3.22. The number of hydrogen-bond acceptors (Lipinski definition) is 6. The summed E-state index contributed by atoms with van der Waals surface area (Å²) in [5.41, 5.74) is 0. The van der Waals surface area contributed by atoms with Crippen molar-refractivity contribution >= 4 is 21.6 Å². The Morgan fingerprint density at radius 1 is 1.23 bits per heavy atom. The zero-order valence-corrected chi connectivity index (χ0v) is 18.4. The fourth-order valence-corrected chi connectivity index (χ4v) is 5.07. The number of rotatable bonds is 8. The maximum atomic E-state index is 13.3. The van der Waals surface area contributed by atoms with Crippen molar-refractivity contribution < 1.29 is 27.0 Å². The molecule has 0 spiro atoms. The molecule has 1 atom stereocenters. The van der Waals surface area contributed by atoms with E-state index in [9.17, 15) is 12.8 Å². The van der Waals surface area contributed by atoms with Crippen LogP contribution in [0.15, 0.2) is 41.3 Å². The summed E-state index contributed by atoms with van der Waals surface area (Å²) in [6.07, 6.45) is 0.879. The lowest BCUT2D eigenvalue weighted by Gasteiger charge is -2.22. The molecule has 31 heavy (non-hydrogen) atoms. The molecule has 2 aliphatic heterocycles. The quantitative estimate of drug-likeness (QED) is 0.639. The number of hydrogen-bond donors (Lipinski definition) is 1. The monoisotopic (exact) mass is 470 g/mol. The van der Waals surface area contributed by atoms with Crippen LogP contribution < -0.4 is 18.9 Å². The summed E-state index contributed by atoms with van der Waals surface area (Å²) < 4.78 is 57.8. The van der Waals surface area contributed by atoms with Crippen molar-refractivity contribution in [3.05, 3.63) is 47.2 Å². The van der Waals surface area contributed by atoms with E-state index in [0.29, 0.717) is 43.6 Å². The van der Waals surface area contributed by atoms with Crippen molar-refractivity contribution in [3.8, 4) is 17.2 Å². The maximum Gasteiger partial charge on any atom is 0.240 e. The minimum absolute atomic E-state index is 0.0421. The molecule has 0 aliphatic carbocycles.